The summed E-state index contributed by atoms with van der Waals surface area (Å²) in [6.45, 7) is 4.21. The fourth-order valence-electron chi connectivity index (χ4n) is 3.38. The van der Waals surface area contributed by atoms with E-state index in [2.05, 4.69) is 19.2 Å². The minimum Gasteiger partial charge on any atom is -0.497 e. The molecule has 1 aliphatic rings. The first-order valence-corrected chi connectivity index (χ1v) is 10.6. The summed E-state index contributed by atoms with van der Waals surface area (Å²) in [5.74, 6) is 0.332. The van der Waals surface area contributed by atoms with Gasteiger partial charge >= 0.3 is 0 Å². The van der Waals surface area contributed by atoms with Crippen LogP contribution in [0.4, 0.5) is 11.4 Å². The third-order valence-corrected chi connectivity index (χ3v) is 5.90. The number of hydrogen-bond acceptors (Lipinski definition) is 5. The van der Waals surface area contributed by atoms with Gasteiger partial charge < -0.3 is 10.1 Å². The lowest BCUT2D eigenvalue weighted by atomic mass is 10.0. The third kappa shape index (κ3) is 3.62. The van der Waals surface area contributed by atoms with E-state index in [9.17, 15) is 9.59 Å². The molecule has 0 spiro atoms. The Morgan fingerprint density at radius 1 is 0.967 bits per heavy atom. The Kier molecular flexibility index (Phi) is 5.42. The number of ether oxygens (including phenoxy) is 1. The van der Waals surface area contributed by atoms with Gasteiger partial charge in [-0.1, -0.05) is 38.1 Å². The van der Waals surface area contributed by atoms with Gasteiger partial charge in [-0.2, -0.15) is 0 Å². The van der Waals surface area contributed by atoms with E-state index >= 15 is 0 Å². The van der Waals surface area contributed by atoms with Crippen molar-refractivity contribution >= 4 is 40.1 Å². The number of carbonyl (C=O) groups is 2. The Bertz CT molecular complexity index is 1120. The number of nitrogens with zero attached hydrogens (tertiary/aromatic N) is 1. The van der Waals surface area contributed by atoms with Crippen LogP contribution in [0.15, 0.2) is 71.7 Å². The van der Waals surface area contributed by atoms with E-state index < -0.39 is 0 Å². The quantitative estimate of drug-likeness (QED) is 0.554. The van der Waals surface area contributed by atoms with E-state index in [0.717, 1.165) is 10.4 Å². The van der Waals surface area contributed by atoms with Gasteiger partial charge in [0.2, 0.25) is 0 Å². The number of nitrogens with one attached hydrogen (secondary N) is 1. The molecule has 0 aliphatic carbocycles. The average molecular weight is 419 g/mol. The summed E-state index contributed by atoms with van der Waals surface area (Å²) in [6.07, 6.45) is 0. The summed E-state index contributed by atoms with van der Waals surface area (Å²) >= 11 is 1.43. The molecule has 1 aromatic heterocycles. The molecule has 3 aromatic rings. The molecule has 0 atom stereocenters. The fourth-order valence-corrected chi connectivity index (χ4v) is 4.15. The van der Waals surface area contributed by atoms with Crippen LogP contribution in [0.3, 0.4) is 0 Å². The second kappa shape index (κ2) is 8.16. The monoisotopic (exact) mass is 418 g/mol. The number of rotatable bonds is 6. The highest BCUT2D eigenvalue weighted by atomic mass is 32.1. The number of imide groups is 1. The summed E-state index contributed by atoms with van der Waals surface area (Å²) in [4.78, 5) is 28.7. The first-order valence-electron chi connectivity index (χ1n) is 9.67. The number of anilines is 2. The predicted octanol–water partition coefficient (Wildman–Crippen LogP) is 5.28. The molecule has 0 fully saturated rings. The predicted molar refractivity (Wildman–Crippen MR) is 121 cm³/mol. The Labute approximate surface area is 179 Å². The summed E-state index contributed by atoms with van der Waals surface area (Å²) in [6, 6.07) is 18.6. The smallest absolute Gasteiger partial charge is 0.282 e. The molecule has 1 aliphatic heterocycles. The lowest BCUT2D eigenvalue weighted by molar-refractivity contribution is -0.120. The van der Waals surface area contributed by atoms with Crippen molar-refractivity contribution in [3.05, 3.63) is 82.2 Å². The Balaban J connectivity index is 1.74. The van der Waals surface area contributed by atoms with Crippen LogP contribution in [0.25, 0.3) is 5.57 Å². The Hall–Kier alpha value is -3.38. The molecule has 0 radical (unpaired) electrons. The fraction of sp³-hybridized carbons (Fsp3) is 0.167. The van der Waals surface area contributed by atoms with Crippen LogP contribution in [-0.2, 0) is 9.59 Å². The minimum atomic E-state index is -0.372. The number of benzene rings is 2. The van der Waals surface area contributed by atoms with E-state index in [0.29, 0.717) is 28.6 Å². The number of methoxy groups -OCH3 is 1. The number of amides is 2. The van der Waals surface area contributed by atoms with Crippen molar-refractivity contribution < 1.29 is 14.3 Å². The molecule has 0 saturated heterocycles. The van der Waals surface area contributed by atoms with Gasteiger partial charge in [0.05, 0.1) is 18.4 Å². The van der Waals surface area contributed by atoms with Gasteiger partial charge in [-0.15, -0.1) is 11.3 Å². The molecule has 152 valence electrons. The SMILES string of the molecule is COc1cccc(NC2=C(c3cccs3)C(=O)N(c3ccc(C(C)C)cc3)C2=O)c1. The Morgan fingerprint density at radius 3 is 2.37 bits per heavy atom. The molecule has 0 bridgehead atoms. The molecular weight excluding hydrogens is 396 g/mol. The van der Waals surface area contributed by atoms with Gasteiger partial charge in [-0.05, 0) is 47.2 Å². The summed E-state index contributed by atoms with van der Waals surface area (Å²) in [5.41, 5.74) is 3.04. The van der Waals surface area contributed by atoms with Crippen molar-refractivity contribution in [1.82, 2.24) is 0 Å². The maximum absolute atomic E-state index is 13.4. The topological polar surface area (TPSA) is 58.6 Å². The van der Waals surface area contributed by atoms with E-state index in [-0.39, 0.29) is 17.5 Å². The molecule has 6 heteroatoms. The molecule has 5 nitrogen and oxygen atoms in total. The van der Waals surface area contributed by atoms with Gasteiger partial charge in [-0.25, -0.2) is 4.90 Å². The number of carbonyl (C=O) groups excluding carboxylic acids is 2. The minimum absolute atomic E-state index is 0.267. The second-order valence-corrected chi connectivity index (χ2v) is 8.22. The first-order chi connectivity index (χ1) is 14.5. The van der Waals surface area contributed by atoms with Crippen molar-refractivity contribution in [2.24, 2.45) is 0 Å². The lowest BCUT2D eigenvalue weighted by Crippen LogP contribution is -2.32. The van der Waals surface area contributed by atoms with Crippen molar-refractivity contribution in [2.45, 2.75) is 19.8 Å². The van der Waals surface area contributed by atoms with Crippen LogP contribution >= 0.6 is 11.3 Å². The molecular formula is C24H22N2O3S. The molecule has 4 rings (SSSR count). The van der Waals surface area contributed by atoms with Gasteiger partial charge in [0, 0.05) is 16.6 Å². The first kappa shape index (κ1) is 19.9. The number of hydrogen-bond donors (Lipinski definition) is 1. The van der Waals surface area contributed by atoms with Gasteiger partial charge in [0.25, 0.3) is 11.8 Å². The zero-order valence-electron chi connectivity index (χ0n) is 17.0. The highest BCUT2D eigenvalue weighted by Gasteiger charge is 2.40. The molecule has 2 heterocycles. The molecule has 30 heavy (non-hydrogen) atoms. The standard InChI is InChI=1S/C24H22N2O3S/c1-15(2)16-9-11-18(12-10-16)26-23(27)21(20-8-5-13-30-20)22(24(26)28)25-17-6-4-7-19(14-17)29-3/h4-15,25H,1-3H3. The van der Waals surface area contributed by atoms with E-state index in [4.69, 9.17) is 4.74 Å². The van der Waals surface area contributed by atoms with Crippen LogP contribution in [0.1, 0.15) is 30.2 Å². The Morgan fingerprint density at radius 2 is 1.73 bits per heavy atom. The normalized spacial score (nSPS) is 14.1. The molecule has 0 unspecified atom stereocenters. The van der Waals surface area contributed by atoms with Crippen LogP contribution < -0.4 is 15.0 Å². The highest BCUT2D eigenvalue weighted by Crippen LogP contribution is 2.36. The second-order valence-electron chi connectivity index (χ2n) is 7.28. The van der Waals surface area contributed by atoms with Crippen molar-refractivity contribution in [2.75, 3.05) is 17.3 Å². The zero-order valence-corrected chi connectivity index (χ0v) is 17.8. The zero-order chi connectivity index (χ0) is 21.3. The van der Waals surface area contributed by atoms with Crippen LogP contribution in [0.5, 0.6) is 5.75 Å². The molecule has 2 amide bonds. The van der Waals surface area contributed by atoms with Gasteiger partial charge in [0.1, 0.15) is 11.4 Å². The van der Waals surface area contributed by atoms with Crippen molar-refractivity contribution in [3.63, 3.8) is 0 Å². The third-order valence-electron chi connectivity index (χ3n) is 5.01. The average Bonchev–Trinajstić information content (AvgIpc) is 3.35. The van der Waals surface area contributed by atoms with E-state index in [1.807, 2.05) is 60.0 Å². The largest absolute Gasteiger partial charge is 0.497 e. The summed E-state index contributed by atoms with van der Waals surface area (Å²) in [7, 11) is 1.59. The summed E-state index contributed by atoms with van der Waals surface area (Å²) in [5, 5.41) is 5.05. The van der Waals surface area contributed by atoms with Crippen LogP contribution in [-0.4, -0.2) is 18.9 Å². The molecule has 0 saturated carbocycles. The van der Waals surface area contributed by atoms with Crippen LogP contribution in [0.2, 0.25) is 0 Å². The summed E-state index contributed by atoms with van der Waals surface area (Å²) < 4.78 is 5.27. The van der Waals surface area contributed by atoms with Crippen LogP contribution in [0, 0.1) is 0 Å². The van der Waals surface area contributed by atoms with E-state index in [1.165, 1.54) is 16.2 Å². The highest BCUT2D eigenvalue weighted by molar-refractivity contribution is 7.11. The van der Waals surface area contributed by atoms with Crippen molar-refractivity contribution in [1.29, 1.82) is 0 Å². The van der Waals surface area contributed by atoms with E-state index in [1.54, 1.807) is 13.2 Å². The molecule has 1 N–H and O–H groups in total. The lowest BCUT2D eigenvalue weighted by Gasteiger charge is -2.16. The van der Waals surface area contributed by atoms with Gasteiger partial charge in [0.15, 0.2) is 0 Å². The maximum Gasteiger partial charge on any atom is 0.282 e. The molecule has 2 aromatic carbocycles. The van der Waals surface area contributed by atoms with Crippen molar-refractivity contribution in [3.8, 4) is 5.75 Å². The maximum atomic E-state index is 13.4. The number of thiophene rings is 1. The van der Waals surface area contributed by atoms with Gasteiger partial charge in [-0.3, -0.25) is 9.59 Å².